The number of morpholine rings is 1. The fraction of sp³-hybridized carbons (Fsp3) is 0.647. The molecule has 0 radical (unpaired) electrons. The number of hydrogen-bond acceptors (Lipinski definition) is 2. The lowest BCUT2D eigenvalue weighted by atomic mass is 9.82. The van der Waals surface area contributed by atoms with E-state index in [9.17, 15) is 0 Å². The van der Waals surface area contributed by atoms with E-state index < -0.39 is 0 Å². The van der Waals surface area contributed by atoms with E-state index in [1.165, 1.54) is 48.8 Å². The Kier molecular flexibility index (Phi) is 3.64. The third-order valence-corrected chi connectivity index (χ3v) is 4.80. The van der Waals surface area contributed by atoms with Crippen molar-refractivity contribution in [3.8, 4) is 0 Å². The zero-order valence-corrected chi connectivity index (χ0v) is 12.2. The van der Waals surface area contributed by atoms with Gasteiger partial charge in [0.25, 0.3) is 0 Å². The second-order valence-corrected chi connectivity index (χ2v) is 6.29. The lowest BCUT2D eigenvalue weighted by molar-refractivity contribution is -0.136. The lowest BCUT2D eigenvalue weighted by Crippen LogP contribution is -2.52. The predicted octanol–water partition coefficient (Wildman–Crippen LogP) is 3.67. The van der Waals surface area contributed by atoms with Gasteiger partial charge in [-0.3, -0.25) is 0 Å². The summed E-state index contributed by atoms with van der Waals surface area (Å²) >= 11 is 0. The molecule has 1 spiro atoms. The van der Waals surface area contributed by atoms with Crippen LogP contribution in [0, 0.1) is 13.8 Å². The average Bonchev–Trinajstić information content (AvgIpc) is 2.39. The molecule has 2 fully saturated rings. The molecule has 1 aromatic rings. The summed E-state index contributed by atoms with van der Waals surface area (Å²) in [4.78, 5) is 0. The quantitative estimate of drug-likeness (QED) is 0.831. The van der Waals surface area contributed by atoms with E-state index in [0.29, 0.717) is 0 Å². The standard InChI is InChI=1S/C17H25NO/c1-13-7-6-8-14(2)16(13)15-11-18-12-17(19-15)9-4-3-5-10-17/h6-8,15,18H,3-5,9-12H2,1-2H3. The molecule has 1 saturated heterocycles. The molecule has 19 heavy (non-hydrogen) atoms. The Labute approximate surface area is 116 Å². The molecule has 2 nitrogen and oxygen atoms in total. The SMILES string of the molecule is Cc1cccc(C)c1C1CNCC2(CCCCC2)O1. The minimum Gasteiger partial charge on any atom is -0.364 e. The summed E-state index contributed by atoms with van der Waals surface area (Å²) in [6.07, 6.45) is 6.69. The summed E-state index contributed by atoms with van der Waals surface area (Å²) in [6.45, 7) is 6.39. The molecule has 2 heteroatoms. The number of rotatable bonds is 1. The van der Waals surface area contributed by atoms with Crippen molar-refractivity contribution in [2.45, 2.75) is 57.7 Å². The van der Waals surface area contributed by atoms with Gasteiger partial charge in [0.15, 0.2) is 0 Å². The first-order valence-corrected chi connectivity index (χ1v) is 7.65. The summed E-state index contributed by atoms with van der Waals surface area (Å²) < 4.78 is 6.60. The van der Waals surface area contributed by atoms with Crippen LogP contribution in [0.15, 0.2) is 18.2 Å². The zero-order chi connectivity index (χ0) is 13.3. The van der Waals surface area contributed by atoms with E-state index in [0.717, 1.165) is 13.1 Å². The van der Waals surface area contributed by atoms with Crippen molar-refractivity contribution >= 4 is 0 Å². The van der Waals surface area contributed by atoms with Gasteiger partial charge in [-0.2, -0.15) is 0 Å². The van der Waals surface area contributed by atoms with Crippen molar-refractivity contribution in [1.29, 1.82) is 0 Å². The van der Waals surface area contributed by atoms with Crippen LogP contribution in [0.3, 0.4) is 0 Å². The van der Waals surface area contributed by atoms with Crippen molar-refractivity contribution in [2.24, 2.45) is 0 Å². The Morgan fingerprint density at radius 3 is 2.47 bits per heavy atom. The molecular weight excluding hydrogens is 234 g/mol. The molecule has 1 N–H and O–H groups in total. The third-order valence-electron chi connectivity index (χ3n) is 4.80. The Bertz CT molecular complexity index is 423. The van der Waals surface area contributed by atoms with Crippen molar-refractivity contribution in [3.05, 3.63) is 34.9 Å². The highest BCUT2D eigenvalue weighted by atomic mass is 16.5. The molecule has 1 heterocycles. The van der Waals surface area contributed by atoms with Crippen molar-refractivity contribution in [3.63, 3.8) is 0 Å². The van der Waals surface area contributed by atoms with Gasteiger partial charge < -0.3 is 10.1 Å². The second-order valence-electron chi connectivity index (χ2n) is 6.29. The van der Waals surface area contributed by atoms with Gasteiger partial charge >= 0.3 is 0 Å². The molecule has 1 saturated carbocycles. The maximum Gasteiger partial charge on any atom is 0.0962 e. The molecule has 0 aromatic heterocycles. The van der Waals surface area contributed by atoms with Crippen LogP contribution >= 0.6 is 0 Å². The molecule has 1 unspecified atom stereocenters. The normalized spacial score (nSPS) is 26.5. The maximum atomic E-state index is 6.60. The highest BCUT2D eigenvalue weighted by Gasteiger charge is 2.39. The van der Waals surface area contributed by atoms with Gasteiger partial charge in [-0.05, 0) is 43.4 Å². The third kappa shape index (κ3) is 2.56. The van der Waals surface area contributed by atoms with Crippen LogP contribution in [0.4, 0.5) is 0 Å². The van der Waals surface area contributed by atoms with Gasteiger partial charge in [0.2, 0.25) is 0 Å². The van der Waals surface area contributed by atoms with E-state index in [-0.39, 0.29) is 11.7 Å². The minimum absolute atomic E-state index is 0.107. The number of benzene rings is 1. The Hall–Kier alpha value is -0.860. The highest BCUT2D eigenvalue weighted by molar-refractivity contribution is 5.36. The molecule has 1 aromatic carbocycles. The summed E-state index contributed by atoms with van der Waals surface area (Å²) in [7, 11) is 0. The Balaban J connectivity index is 1.85. The average molecular weight is 259 g/mol. The van der Waals surface area contributed by atoms with Crippen molar-refractivity contribution in [1.82, 2.24) is 5.32 Å². The van der Waals surface area contributed by atoms with Crippen LogP contribution in [0.5, 0.6) is 0 Å². The molecule has 3 rings (SSSR count). The maximum absolute atomic E-state index is 6.60. The number of nitrogens with one attached hydrogen (secondary N) is 1. The topological polar surface area (TPSA) is 21.3 Å². The highest BCUT2D eigenvalue weighted by Crippen LogP contribution is 2.39. The first kappa shape index (κ1) is 13.1. The molecule has 1 aliphatic heterocycles. The molecule has 104 valence electrons. The van der Waals surface area contributed by atoms with E-state index in [1.807, 2.05) is 0 Å². The Morgan fingerprint density at radius 1 is 1.11 bits per heavy atom. The fourth-order valence-corrected chi connectivity index (χ4v) is 3.80. The van der Waals surface area contributed by atoms with E-state index in [4.69, 9.17) is 4.74 Å². The minimum atomic E-state index is 0.107. The zero-order valence-electron chi connectivity index (χ0n) is 12.2. The predicted molar refractivity (Wildman–Crippen MR) is 78.4 cm³/mol. The van der Waals surface area contributed by atoms with Gasteiger partial charge in [-0.1, -0.05) is 37.5 Å². The van der Waals surface area contributed by atoms with Crippen molar-refractivity contribution < 1.29 is 4.74 Å². The van der Waals surface area contributed by atoms with E-state index in [2.05, 4.69) is 37.4 Å². The molecule has 2 aliphatic rings. The van der Waals surface area contributed by atoms with Gasteiger partial charge in [0.05, 0.1) is 11.7 Å². The van der Waals surface area contributed by atoms with E-state index >= 15 is 0 Å². The number of aryl methyl sites for hydroxylation is 2. The van der Waals surface area contributed by atoms with Crippen molar-refractivity contribution in [2.75, 3.05) is 13.1 Å². The lowest BCUT2D eigenvalue weighted by Gasteiger charge is -2.45. The first-order chi connectivity index (χ1) is 9.20. The van der Waals surface area contributed by atoms with Crippen LogP contribution in [-0.4, -0.2) is 18.7 Å². The van der Waals surface area contributed by atoms with Crippen LogP contribution < -0.4 is 5.32 Å². The van der Waals surface area contributed by atoms with Gasteiger partial charge in [0, 0.05) is 13.1 Å². The van der Waals surface area contributed by atoms with Gasteiger partial charge in [-0.15, -0.1) is 0 Å². The molecule has 0 amide bonds. The fourth-order valence-electron chi connectivity index (χ4n) is 3.80. The molecular formula is C17H25NO. The Morgan fingerprint density at radius 2 is 1.79 bits per heavy atom. The number of ether oxygens (including phenoxy) is 1. The van der Waals surface area contributed by atoms with Crippen LogP contribution in [-0.2, 0) is 4.74 Å². The molecule has 1 aliphatic carbocycles. The number of hydrogen-bond donors (Lipinski definition) is 1. The first-order valence-electron chi connectivity index (χ1n) is 7.65. The monoisotopic (exact) mass is 259 g/mol. The second kappa shape index (κ2) is 5.26. The summed E-state index contributed by atoms with van der Waals surface area (Å²) in [5.74, 6) is 0. The molecule has 1 atom stereocenters. The summed E-state index contributed by atoms with van der Waals surface area (Å²) in [6, 6.07) is 6.54. The van der Waals surface area contributed by atoms with Crippen LogP contribution in [0.2, 0.25) is 0 Å². The smallest absolute Gasteiger partial charge is 0.0962 e. The van der Waals surface area contributed by atoms with Gasteiger partial charge in [-0.25, -0.2) is 0 Å². The summed E-state index contributed by atoms with van der Waals surface area (Å²) in [5.41, 5.74) is 4.23. The largest absolute Gasteiger partial charge is 0.364 e. The van der Waals surface area contributed by atoms with Crippen LogP contribution in [0.1, 0.15) is 54.9 Å². The summed E-state index contributed by atoms with van der Waals surface area (Å²) in [5, 5.41) is 3.62. The van der Waals surface area contributed by atoms with Crippen LogP contribution in [0.25, 0.3) is 0 Å². The van der Waals surface area contributed by atoms with E-state index in [1.54, 1.807) is 0 Å². The molecule has 0 bridgehead atoms. The van der Waals surface area contributed by atoms with Gasteiger partial charge in [0.1, 0.15) is 0 Å².